The van der Waals surface area contributed by atoms with Crippen LogP contribution < -0.4 is 0 Å². The van der Waals surface area contributed by atoms with E-state index in [1.807, 2.05) is 0 Å². The highest BCUT2D eigenvalue weighted by Gasteiger charge is 2.03. The first-order chi connectivity index (χ1) is 11.6. The number of unbranched alkanes of at least 4 members (excludes halogenated alkanes) is 9. The Bertz CT molecular complexity index is 273. The second-order valence-corrected chi connectivity index (χ2v) is 8.08. The summed E-state index contributed by atoms with van der Waals surface area (Å²) in [6, 6.07) is 0. The van der Waals surface area contributed by atoms with Gasteiger partial charge in [0.1, 0.15) is 0 Å². The van der Waals surface area contributed by atoms with E-state index in [0.717, 1.165) is 18.3 Å². The highest BCUT2D eigenvalue weighted by Crippen LogP contribution is 2.19. The van der Waals surface area contributed by atoms with E-state index in [9.17, 15) is 4.79 Å². The summed E-state index contributed by atoms with van der Waals surface area (Å²) in [4.78, 5) is 11.0. The van der Waals surface area contributed by atoms with Crippen LogP contribution in [0.3, 0.4) is 0 Å². The first-order valence-corrected chi connectivity index (χ1v) is 10.6. The highest BCUT2D eigenvalue weighted by molar-refractivity contribution is 5.68. The fraction of sp³-hybridized carbons (Fsp3) is 0.955. The number of rotatable bonds is 17. The van der Waals surface area contributed by atoms with Crippen LogP contribution in [0.4, 0.5) is 0 Å². The fourth-order valence-corrected chi connectivity index (χ4v) is 3.30. The standard InChI is InChI=1S/C22H44O2/c1-20(2)16-15-18-21(3)17-13-11-9-7-5-6-8-10-12-14-19-22(23)24-4/h20-21H,5-19H2,1-4H3. The zero-order chi connectivity index (χ0) is 18.0. The van der Waals surface area contributed by atoms with Gasteiger partial charge in [-0.15, -0.1) is 0 Å². The molecule has 0 heterocycles. The van der Waals surface area contributed by atoms with Gasteiger partial charge in [0.2, 0.25) is 0 Å². The van der Waals surface area contributed by atoms with Crippen molar-refractivity contribution in [3.8, 4) is 0 Å². The second-order valence-electron chi connectivity index (χ2n) is 8.08. The number of hydrogen-bond donors (Lipinski definition) is 0. The van der Waals surface area contributed by atoms with E-state index in [4.69, 9.17) is 0 Å². The molecule has 0 N–H and O–H groups in total. The molecule has 0 saturated heterocycles. The van der Waals surface area contributed by atoms with Crippen molar-refractivity contribution in [3.63, 3.8) is 0 Å². The molecule has 0 aromatic carbocycles. The molecule has 2 heteroatoms. The van der Waals surface area contributed by atoms with Crippen molar-refractivity contribution in [2.75, 3.05) is 7.11 Å². The average molecular weight is 341 g/mol. The molecule has 2 nitrogen and oxygen atoms in total. The van der Waals surface area contributed by atoms with Crippen molar-refractivity contribution < 1.29 is 9.53 Å². The van der Waals surface area contributed by atoms with Crippen molar-refractivity contribution in [3.05, 3.63) is 0 Å². The fourth-order valence-electron chi connectivity index (χ4n) is 3.30. The van der Waals surface area contributed by atoms with Gasteiger partial charge in [0.05, 0.1) is 7.11 Å². The molecule has 1 atom stereocenters. The first-order valence-electron chi connectivity index (χ1n) is 10.6. The van der Waals surface area contributed by atoms with Crippen LogP contribution in [0.2, 0.25) is 0 Å². The lowest BCUT2D eigenvalue weighted by atomic mass is 9.95. The van der Waals surface area contributed by atoms with E-state index in [-0.39, 0.29) is 5.97 Å². The molecule has 1 unspecified atom stereocenters. The lowest BCUT2D eigenvalue weighted by Gasteiger charge is -2.12. The molecule has 0 saturated carbocycles. The van der Waals surface area contributed by atoms with Gasteiger partial charge in [-0.05, 0) is 18.3 Å². The zero-order valence-electron chi connectivity index (χ0n) is 17.1. The predicted octanol–water partition coefficient (Wildman–Crippen LogP) is 7.30. The van der Waals surface area contributed by atoms with E-state index in [2.05, 4.69) is 25.5 Å². The van der Waals surface area contributed by atoms with Gasteiger partial charge in [-0.2, -0.15) is 0 Å². The number of carbonyl (C=O) groups is 1. The summed E-state index contributed by atoms with van der Waals surface area (Å²) in [6.45, 7) is 7.08. The van der Waals surface area contributed by atoms with Crippen LogP contribution >= 0.6 is 0 Å². The minimum Gasteiger partial charge on any atom is -0.469 e. The molecule has 0 amide bonds. The second kappa shape index (κ2) is 17.3. The molecule has 0 aliphatic heterocycles. The highest BCUT2D eigenvalue weighted by atomic mass is 16.5. The third-order valence-electron chi connectivity index (χ3n) is 5.03. The molecule has 0 aromatic rings. The molecule has 24 heavy (non-hydrogen) atoms. The molecule has 0 bridgehead atoms. The van der Waals surface area contributed by atoms with Crippen LogP contribution in [0.15, 0.2) is 0 Å². The third kappa shape index (κ3) is 17.8. The maximum atomic E-state index is 11.0. The summed E-state index contributed by atoms with van der Waals surface area (Å²) in [5.41, 5.74) is 0. The van der Waals surface area contributed by atoms with Gasteiger partial charge in [0.25, 0.3) is 0 Å². The maximum Gasteiger partial charge on any atom is 0.305 e. The summed E-state index contributed by atoms with van der Waals surface area (Å²) in [5, 5.41) is 0. The van der Waals surface area contributed by atoms with E-state index in [0.29, 0.717) is 6.42 Å². The van der Waals surface area contributed by atoms with Gasteiger partial charge < -0.3 is 4.74 Å². The van der Waals surface area contributed by atoms with E-state index in [1.54, 1.807) is 0 Å². The quantitative estimate of drug-likeness (QED) is 0.205. The minimum absolute atomic E-state index is 0.0655. The molecule has 0 spiro atoms. The van der Waals surface area contributed by atoms with Gasteiger partial charge in [0.15, 0.2) is 0 Å². The number of methoxy groups -OCH3 is 1. The number of carbonyl (C=O) groups excluding carboxylic acids is 1. The lowest BCUT2D eigenvalue weighted by Crippen LogP contribution is -1.99. The Morgan fingerprint density at radius 1 is 0.667 bits per heavy atom. The topological polar surface area (TPSA) is 26.3 Å². The van der Waals surface area contributed by atoms with Gasteiger partial charge >= 0.3 is 5.97 Å². The SMILES string of the molecule is COC(=O)CCCCCCCCCCCCC(C)CCCC(C)C. The number of esters is 1. The summed E-state index contributed by atoms with van der Waals surface area (Å²) >= 11 is 0. The molecule has 0 aliphatic rings. The molecular weight excluding hydrogens is 296 g/mol. The van der Waals surface area contributed by atoms with Crippen molar-refractivity contribution in [1.29, 1.82) is 0 Å². The van der Waals surface area contributed by atoms with E-state index >= 15 is 0 Å². The Kier molecular flexibility index (Phi) is 16.9. The van der Waals surface area contributed by atoms with E-state index < -0.39 is 0 Å². The maximum absolute atomic E-state index is 11.0. The molecular formula is C22H44O2. The van der Waals surface area contributed by atoms with Gasteiger partial charge in [-0.25, -0.2) is 0 Å². The molecule has 0 rings (SSSR count). The average Bonchev–Trinajstić information content (AvgIpc) is 2.55. The third-order valence-corrected chi connectivity index (χ3v) is 5.03. The minimum atomic E-state index is -0.0655. The van der Waals surface area contributed by atoms with Crippen LogP contribution in [0.1, 0.15) is 117 Å². The molecule has 0 fully saturated rings. The van der Waals surface area contributed by atoms with Crippen molar-refractivity contribution in [2.45, 2.75) is 117 Å². The number of hydrogen-bond acceptors (Lipinski definition) is 2. The Hall–Kier alpha value is -0.530. The van der Waals surface area contributed by atoms with Crippen molar-refractivity contribution in [1.82, 2.24) is 0 Å². The van der Waals surface area contributed by atoms with Crippen LogP contribution in [-0.4, -0.2) is 13.1 Å². The molecule has 0 radical (unpaired) electrons. The molecule has 0 aliphatic carbocycles. The summed E-state index contributed by atoms with van der Waals surface area (Å²) < 4.78 is 4.65. The Labute approximate surface area is 152 Å². The normalized spacial score (nSPS) is 12.5. The van der Waals surface area contributed by atoms with Crippen LogP contribution in [0.5, 0.6) is 0 Å². The van der Waals surface area contributed by atoms with Crippen LogP contribution in [0, 0.1) is 11.8 Å². The Balaban J connectivity index is 3.16. The monoisotopic (exact) mass is 340 g/mol. The number of ether oxygens (including phenoxy) is 1. The summed E-state index contributed by atoms with van der Waals surface area (Å²) in [5.74, 6) is 1.73. The Morgan fingerprint density at radius 3 is 1.62 bits per heavy atom. The molecule has 144 valence electrons. The largest absolute Gasteiger partial charge is 0.469 e. The van der Waals surface area contributed by atoms with Gasteiger partial charge in [0, 0.05) is 6.42 Å². The van der Waals surface area contributed by atoms with Crippen LogP contribution in [-0.2, 0) is 9.53 Å². The van der Waals surface area contributed by atoms with Gasteiger partial charge in [-0.1, -0.05) is 104 Å². The van der Waals surface area contributed by atoms with E-state index in [1.165, 1.54) is 90.6 Å². The summed E-state index contributed by atoms with van der Waals surface area (Å²) in [7, 11) is 1.47. The molecule has 0 aromatic heterocycles. The lowest BCUT2D eigenvalue weighted by molar-refractivity contribution is -0.140. The van der Waals surface area contributed by atoms with Crippen molar-refractivity contribution >= 4 is 5.97 Å². The predicted molar refractivity (Wildman–Crippen MR) is 105 cm³/mol. The Morgan fingerprint density at radius 2 is 1.12 bits per heavy atom. The smallest absolute Gasteiger partial charge is 0.305 e. The zero-order valence-corrected chi connectivity index (χ0v) is 17.1. The van der Waals surface area contributed by atoms with Crippen LogP contribution in [0.25, 0.3) is 0 Å². The summed E-state index contributed by atoms with van der Waals surface area (Å²) in [6.07, 6.45) is 19.4. The van der Waals surface area contributed by atoms with Gasteiger partial charge in [-0.3, -0.25) is 4.79 Å². The first kappa shape index (κ1) is 23.5. The van der Waals surface area contributed by atoms with Crippen molar-refractivity contribution in [2.24, 2.45) is 11.8 Å².